The van der Waals surface area contributed by atoms with E-state index in [4.69, 9.17) is 5.73 Å². The van der Waals surface area contributed by atoms with Gasteiger partial charge in [-0.25, -0.2) is 4.68 Å². The van der Waals surface area contributed by atoms with E-state index in [2.05, 4.69) is 16.1 Å². The summed E-state index contributed by atoms with van der Waals surface area (Å²) in [7, 11) is 0. The van der Waals surface area contributed by atoms with E-state index in [1.807, 2.05) is 49.7 Å². The number of aryl methyl sites for hydroxylation is 3. The van der Waals surface area contributed by atoms with E-state index in [1.54, 1.807) is 0 Å². The Labute approximate surface area is 111 Å². The fourth-order valence-electron chi connectivity index (χ4n) is 2.40. The maximum atomic E-state index is 5.89. The van der Waals surface area contributed by atoms with Crippen LogP contribution >= 0.6 is 0 Å². The maximum Gasteiger partial charge on any atom is 0.0761 e. The molecule has 19 heavy (non-hydrogen) atoms. The lowest BCUT2D eigenvalue weighted by atomic mass is 10.1. The second-order valence-electron chi connectivity index (χ2n) is 4.90. The van der Waals surface area contributed by atoms with Gasteiger partial charge in [0.15, 0.2) is 0 Å². The number of hydrogen-bond donors (Lipinski definition) is 1. The van der Waals surface area contributed by atoms with Gasteiger partial charge in [0.25, 0.3) is 0 Å². The highest BCUT2D eigenvalue weighted by molar-refractivity contribution is 5.89. The molecular formula is C15H16N4. The predicted molar refractivity (Wildman–Crippen MR) is 77.5 cm³/mol. The number of pyridine rings is 1. The van der Waals surface area contributed by atoms with Gasteiger partial charge in [-0.15, -0.1) is 0 Å². The number of fused-ring (bicyclic) bond motifs is 1. The highest BCUT2D eigenvalue weighted by Gasteiger charge is 2.10. The molecule has 0 saturated carbocycles. The molecule has 0 spiro atoms. The smallest absolute Gasteiger partial charge is 0.0761 e. The molecule has 0 fully saturated rings. The summed E-state index contributed by atoms with van der Waals surface area (Å²) in [6.07, 6.45) is 0. The minimum Gasteiger partial charge on any atom is -0.399 e. The third-order valence-electron chi connectivity index (χ3n) is 3.18. The summed E-state index contributed by atoms with van der Waals surface area (Å²) in [4.78, 5) is 4.54. The summed E-state index contributed by atoms with van der Waals surface area (Å²) < 4.78 is 1.95. The van der Waals surface area contributed by atoms with E-state index in [-0.39, 0.29) is 0 Å². The van der Waals surface area contributed by atoms with Gasteiger partial charge >= 0.3 is 0 Å². The molecule has 0 amide bonds. The molecule has 0 aliphatic heterocycles. The van der Waals surface area contributed by atoms with Crippen LogP contribution in [0.2, 0.25) is 0 Å². The van der Waals surface area contributed by atoms with Crippen LogP contribution in [0.3, 0.4) is 0 Å². The largest absolute Gasteiger partial charge is 0.399 e. The van der Waals surface area contributed by atoms with Crippen molar-refractivity contribution in [2.24, 2.45) is 0 Å². The molecule has 1 aromatic carbocycles. The highest BCUT2D eigenvalue weighted by atomic mass is 15.3. The van der Waals surface area contributed by atoms with Gasteiger partial charge in [0.1, 0.15) is 0 Å². The molecule has 96 valence electrons. The Kier molecular flexibility index (Phi) is 2.52. The predicted octanol–water partition coefficient (Wildman–Crippen LogP) is 2.93. The van der Waals surface area contributed by atoms with Crippen molar-refractivity contribution in [2.75, 3.05) is 5.73 Å². The first kappa shape index (κ1) is 11.7. The molecule has 4 heteroatoms. The molecule has 0 saturated heterocycles. The summed E-state index contributed by atoms with van der Waals surface area (Å²) >= 11 is 0. The zero-order valence-corrected chi connectivity index (χ0v) is 11.3. The lowest BCUT2D eigenvalue weighted by Crippen LogP contribution is -2.02. The number of nitrogens with two attached hydrogens (primary N) is 1. The van der Waals surface area contributed by atoms with Gasteiger partial charge in [0.05, 0.1) is 16.9 Å². The molecule has 3 aromatic rings. The van der Waals surface area contributed by atoms with E-state index in [0.717, 1.165) is 39.4 Å². The number of anilines is 1. The average Bonchev–Trinajstić information content (AvgIpc) is 2.68. The Balaban J connectivity index is 2.39. The second-order valence-corrected chi connectivity index (χ2v) is 4.90. The number of hydrogen-bond acceptors (Lipinski definition) is 3. The number of nitrogen functional groups attached to an aromatic ring is 1. The summed E-state index contributed by atoms with van der Waals surface area (Å²) in [6.45, 7) is 6.03. The van der Waals surface area contributed by atoms with Gasteiger partial charge in [-0.05, 0) is 51.1 Å². The number of aromatic nitrogens is 3. The Morgan fingerprint density at radius 2 is 1.79 bits per heavy atom. The van der Waals surface area contributed by atoms with Crippen molar-refractivity contribution in [3.8, 4) is 5.69 Å². The van der Waals surface area contributed by atoms with E-state index in [1.165, 1.54) is 0 Å². The molecule has 2 aromatic heterocycles. The Morgan fingerprint density at radius 3 is 2.47 bits per heavy atom. The van der Waals surface area contributed by atoms with Gasteiger partial charge in [-0.1, -0.05) is 0 Å². The molecule has 0 radical (unpaired) electrons. The Hall–Kier alpha value is -2.36. The molecule has 0 bridgehead atoms. The molecule has 3 rings (SSSR count). The summed E-state index contributed by atoms with van der Waals surface area (Å²) in [5.41, 5.74) is 11.7. The first-order valence-corrected chi connectivity index (χ1v) is 6.25. The molecular weight excluding hydrogens is 236 g/mol. The van der Waals surface area contributed by atoms with Crippen molar-refractivity contribution in [1.29, 1.82) is 0 Å². The number of benzene rings is 1. The molecule has 2 heterocycles. The monoisotopic (exact) mass is 252 g/mol. The molecule has 0 unspecified atom stereocenters. The quantitative estimate of drug-likeness (QED) is 0.677. The van der Waals surface area contributed by atoms with E-state index in [0.29, 0.717) is 0 Å². The summed E-state index contributed by atoms with van der Waals surface area (Å²) in [5.74, 6) is 0. The van der Waals surface area contributed by atoms with Crippen molar-refractivity contribution in [3.63, 3.8) is 0 Å². The van der Waals surface area contributed by atoms with Crippen LogP contribution in [0.15, 0.2) is 30.3 Å². The molecule has 2 N–H and O–H groups in total. The molecule has 0 atom stereocenters. The van der Waals surface area contributed by atoms with Crippen LogP contribution in [0.1, 0.15) is 17.1 Å². The van der Waals surface area contributed by atoms with E-state index >= 15 is 0 Å². The van der Waals surface area contributed by atoms with Crippen LogP contribution in [0.25, 0.3) is 16.6 Å². The van der Waals surface area contributed by atoms with Crippen LogP contribution in [0.5, 0.6) is 0 Å². The molecule has 0 aliphatic rings. The van der Waals surface area contributed by atoms with E-state index in [9.17, 15) is 0 Å². The summed E-state index contributed by atoms with van der Waals surface area (Å²) in [6, 6.07) is 9.88. The van der Waals surface area contributed by atoms with Crippen LogP contribution in [0.4, 0.5) is 5.69 Å². The third-order valence-corrected chi connectivity index (χ3v) is 3.18. The highest BCUT2D eigenvalue weighted by Crippen LogP contribution is 2.25. The standard InChI is InChI=1S/C15H16N4/c1-9-7-15(19-11(3)6-10(2)18-19)13-8-12(16)4-5-14(13)17-9/h4-8H,16H2,1-3H3. The van der Waals surface area contributed by atoms with Crippen molar-refractivity contribution in [2.45, 2.75) is 20.8 Å². The molecule has 0 aliphatic carbocycles. The Morgan fingerprint density at radius 1 is 1.00 bits per heavy atom. The normalized spacial score (nSPS) is 11.1. The minimum atomic E-state index is 0.737. The molecule has 4 nitrogen and oxygen atoms in total. The third kappa shape index (κ3) is 1.95. The van der Waals surface area contributed by atoms with Gasteiger partial charge in [0.2, 0.25) is 0 Å². The van der Waals surface area contributed by atoms with Gasteiger partial charge < -0.3 is 5.73 Å². The first-order valence-electron chi connectivity index (χ1n) is 6.25. The Bertz CT molecular complexity index is 771. The number of nitrogens with zero attached hydrogens (tertiary/aromatic N) is 3. The van der Waals surface area contributed by atoms with Crippen molar-refractivity contribution >= 4 is 16.6 Å². The lowest BCUT2D eigenvalue weighted by Gasteiger charge is -2.10. The van der Waals surface area contributed by atoms with Crippen molar-refractivity contribution in [1.82, 2.24) is 14.8 Å². The van der Waals surface area contributed by atoms with Crippen LogP contribution in [-0.4, -0.2) is 14.8 Å². The van der Waals surface area contributed by atoms with Gasteiger partial charge in [0, 0.05) is 22.5 Å². The van der Waals surface area contributed by atoms with Crippen molar-refractivity contribution < 1.29 is 0 Å². The SMILES string of the molecule is Cc1cc(-n2nc(C)cc2C)c2cc(N)ccc2n1. The van der Waals surface area contributed by atoms with Gasteiger partial charge in [-0.3, -0.25) is 4.98 Å². The fourth-order valence-corrected chi connectivity index (χ4v) is 2.40. The summed E-state index contributed by atoms with van der Waals surface area (Å²) in [5, 5.41) is 5.57. The fraction of sp³-hybridized carbons (Fsp3) is 0.200. The first-order chi connectivity index (χ1) is 9.04. The van der Waals surface area contributed by atoms with Crippen LogP contribution in [0, 0.1) is 20.8 Å². The zero-order chi connectivity index (χ0) is 13.6. The topological polar surface area (TPSA) is 56.7 Å². The lowest BCUT2D eigenvalue weighted by molar-refractivity contribution is 0.837. The maximum absolute atomic E-state index is 5.89. The van der Waals surface area contributed by atoms with Crippen molar-refractivity contribution in [3.05, 3.63) is 47.4 Å². The number of rotatable bonds is 1. The van der Waals surface area contributed by atoms with Crippen LogP contribution in [-0.2, 0) is 0 Å². The average molecular weight is 252 g/mol. The van der Waals surface area contributed by atoms with Gasteiger partial charge in [-0.2, -0.15) is 5.10 Å². The zero-order valence-electron chi connectivity index (χ0n) is 11.3. The second kappa shape index (κ2) is 4.09. The van der Waals surface area contributed by atoms with E-state index < -0.39 is 0 Å². The minimum absolute atomic E-state index is 0.737. The van der Waals surface area contributed by atoms with Crippen LogP contribution < -0.4 is 5.73 Å².